The zero-order chi connectivity index (χ0) is 19.7. The summed E-state index contributed by atoms with van der Waals surface area (Å²) in [6, 6.07) is 4.23. The van der Waals surface area contributed by atoms with E-state index in [-0.39, 0.29) is 18.4 Å². The first-order valence-electron chi connectivity index (χ1n) is 9.13. The summed E-state index contributed by atoms with van der Waals surface area (Å²) >= 11 is 0. The number of piperidine rings is 1. The van der Waals surface area contributed by atoms with E-state index in [4.69, 9.17) is 4.74 Å². The molecule has 0 aromatic carbocycles. The van der Waals surface area contributed by atoms with Crippen LogP contribution < -0.4 is 9.64 Å². The maximum absolute atomic E-state index is 13.1. The van der Waals surface area contributed by atoms with E-state index in [1.807, 2.05) is 13.0 Å². The molecule has 3 aromatic heterocycles. The molecular weight excluding hydrogens is 371 g/mol. The number of hydrogen-bond donors (Lipinski definition) is 0. The van der Waals surface area contributed by atoms with E-state index < -0.39 is 11.7 Å². The molecule has 28 heavy (non-hydrogen) atoms. The molecule has 1 aliphatic heterocycles. The van der Waals surface area contributed by atoms with Crippen LogP contribution in [0.4, 0.5) is 19.0 Å². The molecule has 0 radical (unpaired) electrons. The summed E-state index contributed by atoms with van der Waals surface area (Å²) in [4.78, 5) is 10.4. The van der Waals surface area contributed by atoms with Gasteiger partial charge in [0.2, 0.25) is 5.88 Å². The fraction of sp³-hybridized carbons (Fsp3) is 0.421. The Morgan fingerprint density at radius 3 is 2.93 bits per heavy atom. The van der Waals surface area contributed by atoms with E-state index in [0.29, 0.717) is 6.54 Å². The molecule has 6 nitrogen and oxygen atoms in total. The van der Waals surface area contributed by atoms with Crippen LogP contribution in [0.3, 0.4) is 0 Å². The summed E-state index contributed by atoms with van der Waals surface area (Å²) in [6.45, 7) is 3.60. The van der Waals surface area contributed by atoms with Crippen molar-refractivity contribution >= 4 is 11.3 Å². The molecule has 1 aliphatic rings. The minimum Gasteiger partial charge on any atom is -0.477 e. The molecule has 4 rings (SSSR count). The Kier molecular flexibility index (Phi) is 4.82. The molecule has 0 spiro atoms. The van der Waals surface area contributed by atoms with Gasteiger partial charge < -0.3 is 9.64 Å². The first kappa shape index (κ1) is 18.5. The van der Waals surface area contributed by atoms with Gasteiger partial charge in [-0.05, 0) is 38.0 Å². The Bertz CT molecular complexity index is 972. The second kappa shape index (κ2) is 7.29. The second-order valence-electron chi connectivity index (χ2n) is 6.99. The highest BCUT2D eigenvalue weighted by Gasteiger charge is 2.35. The number of halogens is 3. The maximum atomic E-state index is 13.1. The zero-order valence-electron chi connectivity index (χ0n) is 15.4. The lowest BCUT2D eigenvalue weighted by molar-refractivity contribution is -0.139. The highest BCUT2D eigenvalue weighted by atomic mass is 19.4. The third-order valence-electron chi connectivity index (χ3n) is 4.84. The third kappa shape index (κ3) is 3.74. The van der Waals surface area contributed by atoms with Crippen molar-refractivity contribution < 1.29 is 17.9 Å². The van der Waals surface area contributed by atoms with Gasteiger partial charge in [-0.25, -0.2) is 14.5 Å². The van der Waals surface area contributed by atoms with Gasteiger partial charge in [-0.3, -0.25) is 0 Å². The SMILES string of the molecule is Cc1cc2c(N3CCCC(COc4ncccc4C(F)(F)F)C3)nccn2n1. The van der Waals surface area contributed by atoms with Crippen LogP contribution in [0, 0.1) is 12.8 Å². The van der Waals surface area contributed by atoms with Crippen LogP contribution in [0.2, 0.25) is 0 Å². The van der Waals surface area contributed by atoms with Crippen molar-refractivity contribution in [3.05, 3.63) is 48.0 Å². The Morgan fingerprint density at radius 1 is 1.25 bits per heavy atom. The van der Waals surface area contributed by atoms with E-state index in [1.54, 1.807) is 16.9 Å². The Balaban J connectivity index is 1.48. The minimum absolute atomic E-state index is 0.0860. The normalized spacial score (nSPS) is 17.9. The van der Waals surface area contributed by atoms with Gasteiger partial charge in [0.1, 0.15) is 11.1 Å². The predicted molar refractivity (Wildman–Crippen MR) is 97.4 cm³/mol. The summed E-state index contributed by atoms with van der Waals surface area (Å²) in [5.74, 6) is 0.559. The van der Waals surface area contributed by atoms with E-state index in [2.05, 4.69) is 20.0 Å². The predicted octanol–water partition coefficient (Wildman–Crippen LogP) is 3.75. The number of aromatic nitrogens is 4. The zero-order valence-corrected chi connectivity index (χ0v) is 15.4. The molecule has 3 aromatic rings. The number of fused-ring (bicyclic) bond motifs is 1. The van der Waals surface area contributed by atoms with Crippen molar-refractivity contribution in [2.75, 3.05) is 24.6 Å². The van der Waals surface area contributed by atoms with Gasteiger partial charge in [0.15, 0.2) is 5.82 Å². The van der Waals surface area contributed by atoms with Crippen LogP contribution in [0.25, 0.3) is 5.52 Å². The molecule has 4 heterocycles. The van der Waals surface area contributed by atoms with Gasteiger partial charge in [-0.2, -0.15) is 18.3 Å². The number of alkyl halides is 3. The van der Waals surface area contributed by atoms with Gasteiger partial charge in [0.05, 0.1) is 12.3 Å². The summed E-state index contributed by atoms with van der Waals surface area (Å²) in [5.41, 5.74) is 0.982. The number of hydrogen-bond acceptors (Lipinski definition) is 5. The van der Waals surface area contributed by atoms with Gasteiger partial charge in [0.25, 0.3) is 0 Å². The fourth-order valence-corrected chi connectivity index (χ4v) is 3.59. The monoisotopic (exact) mass is 391 g/mol. The second-order valence-corrected chi connectivity index (χ2v) is 6.99. The van der Waals surface area contributed by atoms with Crippen LogP contribution in [0.5, 0.6) is 5.88 Å². The first-order valence-corrected chi connectivity index (χ1v) is 9.13. The lowest BCUT2D eigenvalue weighted by Crippen LogP contribution is -2.38. The minimum atomic E-state index is -4.48. The van der Waals surface area contributed by atoms with Crippen molar-refractivity contribution in [1.82, 2.24) is 19.6 Å². The number of ether oxygens (including phenoxy) is 1. The number of rotatable bonds is 4. The molecule has 0 N–H and O–H groups in total. The molecular formula is C19H20F3N5O. The lowest BCUT2D eigenvalue weighted by atomic mass is 9.99. The van der Waals surface area contributed by atoms with Gasteiger partial charge in [0, 0.05) is 37.6 Å². The number of aryl methyl sites for hydroxylation is 1. The van der Waals surface area contributed by atoms with Crippen LogP contribution >= 0.6 is 0 Å². The van der Waals surface area contributed by atoms with Crippen LogP contribution in [-0.4, -0.2) is 39.3 Å². The van der Waals surface area contributed by atoms with Crippen molar-refractivity contribution in [3.8, 4) is 5.88 Å². The highest BCUT2D eigenvalue weighted by Crippen LogP contribution is 2.35. The van der Waals surface area contributed by atoms with Crippen molar-refractivity contribution in [2.45, 2.75) is 25.9 Å². The van der Waals surface area contributed by atoms with Crippen molar-refractivity contribution in [3.63, 3.8) is 0 Å². The maximum Gasteiger partial charge on any atom is 0.421 e. The number of nitrogens with zero attached hydrogens (tertiary/aromatic N) is 5. The lowest BCUT2D eigenvalue weighted by Gasteiger charge is -2.33. The Hall–Kier alpha value is -2.84. The first-order chi connectivity index (χ1) is 13.4. The largest absolute Gasteiger partial charge is 0.477 e. The summed E-state index contributed by atoms with van der Waals surface area (Å²) in [5, 5.41) is 4.41. The van der Waals surface area contributed by atoms with Gasteiger partial charge in [-0.15, -0.1) is 0 Å². The van der Waals surface area contributed by atoms with Crippen molar-refractivity contribution in [2.24, 2.45) is 5.92 Å². The van der Waals surface area contributed by atoms with E-state index >= 15 is 0 Å². The summed E-state index contributed by atoms with van der Waals surface area (Å²) in [7, 11) is 0. The molecule has 1 atom stereocenters. The van der Waals surface area contributed by atoms with E-state index in [9.17, 15) is 13.2 Å². The molecule has 0 aliphatic carbocycles. The van der Waals surface area contributed by atoms with E-state index in [0.717, 1.165) is 42.5 Å². The van der Waals surface area contributed by atoms with Crippen LogP contribution in [0.1, 0.15) is 24.1 Å². The standard InChI is InChI=1S/C19H20F3N5O/c1-13-10-16-17(23-7-9-27(16)25-13)26-8-3-4-14(11-26)12-28-18-15(19(20,21)22)5-2-6-24-18/h2,5-7,9-10,14H,3-4,8,11-12H2,1H3. The quantitative estimate of drug-likeness (QED) is 0.678. The molecule has 148 valence electrons. The average Bonchev–Trinajstić information content (AvgIpc) is 3.06. The molecule has 9 heteroatoms. The number of anilines is 1. The van der Waals surface area contributed by atoms with Crippen LogP contribution in [0.15, 0.2) is 36.8 Å². The Morgan fingerprint density at radius 2 is 2.11 bits per heavy atom. The molecule has 0 saturated carbocycles. The molecule has 1 unspecified atom stereocenters. The topological polar surface area (TPSA) is 55.5 Å². The fourth-order valence-electron chi connectivity index (χ4n) is 3.59. The average molecular weight is 391 g/mol. The highest BCUT2D eigenvalue weighted by molar-refractivity contribution is 5.69. The molecule has 1 saturated heterocycles. The molecule has 0 amide bonds. The van der Waals surface area contributed by atoms with E-state index in [1.165, 1.54) is 12.3 Å². The Labute approximate surface area is 160 Å². The summed E-state index contributed by atoms with van der Waals surface area (Å²) < 4.78 is 46.6. The van der Waals surface area contributed by atoms with Crippen molar-refractivity contribution in [1.29, 1.82) is 0 Å². The summed E-state index contributed by atoms with van der Waals surface area (Å²) in [6.07, 6.45) is 2.13. The van der Waals surface area contributed by atoms with Gasteiger partial charge >= 0.3 is 6.18 Å². The van der Waals surface area contributed by atoms with Crippen LogP contribution in [-0.2, 0) is 6.18 Å². The smallest absolute Gasteiger partial charge is 0.421 e. The molecule has 0 bridgehead atoms. The number of pyridine rings is 1. The molecule has 1 fully saturated rings. The van der Waals surface area contributed by atoms with Gasteiger partial charge in [-0.1, -0.05) is 0 Å². The third-order valence-corrected chi connectivity index (χ3v) is 4.84.